The minimum Gasteiger partial charge on any atom is -0.507 e. The van der Waals surface area contributed by atoms with Gasteiger partial charge in [0.05, 0.1) is 5.69 Å². The zero-order valence-corrected chi connectivity index (χ0v) is 12.0. The van der Waals surface area contributed by atoms with E-state index in [1.54, 1.807) is 12.1 Å². The lowest BCUT2D eigenvalue weighted by atomic mass is 10.00. The minimum atomic E-state index is -0.148. The smallest absolute Gasteiger partial charge is 0.122 e. The highest BCUT2D eigenvalue weighted by atomic mass is 16.3. The zero-order chi connectivity index (χ0) is 15.2. The van der Waals surface area contributed by atoms with E-state index in [0.29, 0.717) is 0 Å². The average molecular weight is 288 g/mol. The molecule has 0 spiro atoms. The third-order valence-electron chi connectivity index (χ3n) is 3.35. The van der Waals surface area contributed by atoms with E-state index in [1.165, 1.54) is 0 Å². The number of hydrogen-bond donors (Lipinski definition) is 1. The Hall–Kier alpha value is -2.94. The van der Waals surface area contributed by atoms with Gasteiger partial charge < -0.3 is 5.11 Å². The van der Waals surface area contributed by atoms with Crippen molar-refractivity contribution >= 4 is 11.8 Å². The Morgan fingerprint density at radius 3 is 2.50 bits per heavy atom. The average Bonchev–Trinajstić information content (AvgIpc) is 2.57. The van der Waals surface area contributed by atoms with E-state index in [9.17, 15) is 5.11 Å². The minimum absolute atomic E-state index is 0.148. The van der Waals surface area contributed by atoms with Crippen LogP contribution in [0.1, 0.15) is 5.56 Å². The molecule has 0 bridgehead atoms. The van der Waals surface area contributed by atoms with Crippen molar-refractivity contribution in [2.75, 3.05) is 0 Å². The van der Waals surface area contributed by atoms with Gasteiger partial charge >= 0.3 is 0 Å². The molecule has 2 aromatic rings. The summed E-state index contributed by atoms with van der Waals surface area (Å²) in [6.45, 7) is 0. The van der Waals surface area contributed by atoms with Crippen LogP contribution in [0.4, 0.5) is 5.69 Å². The number of nitrogens with zero attached hydrogens (tertiary/aromatic N) is 2. The summed E-state index contributed by atoms with van der Waals surface area (Å²) in [5.74, 6) is 0.261. The molecule has 0 amide bonds. The molecule has 22 heavy (non-hydrogen) atoms. The van der Waals surface area contributed by atoms with Gasteiger partial charge in [-0.1, -0.05) is 60.7 Å². The third-order valence-corrected chi connectivity index (χ3v) is 3.35. The van der Waals surface area contributed by atoms with Crippen LogP contribution in [-0.4, -0.2) is 11.1 Å². The lowest BCUT2D eigenvalue weighted by Gasteiger charge is -2.12. The number of phenols is 1. The fraction of sp³-hybridized carbons (Fsp3) is 0.0526. The van der Waals surface area contributed by atoms with Gasteiger partial charge in [-0.2, -0.15) is 10.2 Å². The molecule has 0 fully saturated rings. The van der Waals surface area contributed by atoms with E-state index < -0.39 is 0 Å². The van der Waals surface area contributed by atoms with E-state index in [2.05, 4.69) is 10.2 Å². The number of rotatable bonds is 3. The SMILES string of the molecule is Oc1ccccc1C=C1C=CC=CC1N=Nc1ccccc1. The van der Waals surface area contributed by atoms with Crippen LogP contribution >= 0.6 is 0 Å². The first-order valence-corrected chi connectivity index (χ1v) is 7.13. The third kappa shape index (κ3) is 3.38. The first kappa shape index (κ1) is 14.0. The molecule has 0 heterocycles. The predicted octanol–water partition coefficient (Wildman–Crippen LogP) is 5.05. The molecule has 0 radical (unpaired) electrons. The summed E-state index contributed by atoms with van der Waals surface area (Å²) in [7, 11) is 0. The summed E-state index contributed by atoms with van der Waals surface area (Å²) < 4.78 is 0. The van der Waals surface area contributed by atoms with Gasteiger partial charge in [0.2, 0.25) is 0 Å². The molecule has 0 aromatic heterocycles. The van der Waals surface area contributed by atoms with Crippen LogP contribution in [0.5, 0.6) is 5.75 Å². The van der Waals surface area contributed by atoms with E-state index in [4.69, 9.17) is 0 Å². The summed E-state index contributed by atoms with van der Waals surface area (Å²) in [5, 5.41) is 18.6. The van der Waals surface area contributed by atoms with Gasteiger partial charge in [-0.25, -0.2) is 0 Å². The standard InChI is InChI=1S/C19H16N2O/c22-19-13-7-5-9-16(19)14-15-8-4-6-12-18(15)21-20-17-10-2-1-3-11-17/h1-14,18,22H. The van der Waals surface area contributed by atoms with Crippen molar-refractivity contribution in [3.63, 3.8) is 0 Å². The van der Waals surface area contributed by atoms with Gasteiger partial charge in [0.25, 0.3) is 0 Å². The van der Waals surface area contributed by atoms with Crippen LogP contribution in [0.15, 0.2) is 94.7 Å². The molecule has 2 aromatic carbocycles. The molecule has 1 N–H and O–H groups in total. The van der Waals surface area contributed by atoms with Gasteiger partial charge in [-0.05, 0) is 29.8 Å². The number of hydrogen-bond acceptors (Lipinski definition) is 3. The van der Waals surface area contributed by atoms with Crippen LogP contribution in [0, 0.1) is 0 Å². The first-order chi connectivity index (χ1) is 10.8. The summed E-state index contributed by atoms with van der Waals surface area (Å²) in [6, 6.07) is 16.8. The highest BCUT2D eigenvalue weighted by Gasteiger charge is 2.11. The highest BCUT2D eigenvalue weighted by molar-refractivity contribution is 5.64. The van der Waals surface area contributed by atoms with Crippen molar-refractivity contribution in [2.45, 2.75) is 6.04 Å². The molecule has 0 saturated carbocycles. The molecule has 3 nitrogen and oxygen atoms in total. The predicted molar refractivity (Wildman–Crippen MR) is 89.1 cm³/mol. The zero-order valence-electron chi connectivity index (χ0n) is 12.0. The van der Waals surface area contributed by atoms with Gasteiger partial charge in [0, 0.05) is 5.56 Å². The van der Waals surface area contributed by atoms with Crippen molar-refractivity contribution in [3.8, 4) is 5.75 Å². The fourth-order valence-corrected chi connectivity index (χ4v) is 2.20. The maximum Gasteiger partial charge on any atom is 0.122 e. The van der Waals surface area contributed by atoms with E-state index >= 15 is 0 Å². The van der Waals surface area contributed by atoms with Gasteiger partial charge in [-0.3, -0.25) is 0 Å². The number of phenolic OH excluding ortho intramolecular Hbond substituents is 1. The Labute approximate surface area is 129 Å². The Kier molecular flexibility index (Phi) is 4.25. The van der Waals surface area contributed by atoms with Crippen molar-refractivity contribution in [1.29, 1.82) is 0 Å². The quantitative estimate of drug-likeness (QED) is 0.789. The van der Waals surface area contributed by atoms with Gasteiger partial charge in [0.1, 0.15) is 11.8 Å². The maximum atomic E-state index is 9.89. The lowest BCUT2D eigenvalue weighted by molar-refractivity contribution is 0.474. The van der Waals surface area contributed by atoms with Crippen LogP contribution in [-0.2, 0) is 0 Å². The molecule has 3 rings (SSSR count). The van der Waals surface area contributed by atoms with Crippen molar-refractivity contribution in [3.05, 3.63) is 90.0 Å². The van der Waals surface area contributed by atoms with Crippen molar-refractivity contribution in [2.24, 2.45) is 10.2 Å². The van der Waals surface area contributed by atoms with Crippen LogP contribution in [0.2, 0.25) is 0 Å². The molecule has 0 saturated heterocycles. The largest absolute Gasteiger partial charge is 0.507 e. The summed E-state index contributed by atoms with van der Waals surface area (Å²) in [5.41, 5.74) is 2.59. The Bertz CT molecular complexity index is 758. The molecule has 1 aliphatic rings. The Balaban J connectivity index is 1.87. The molecule has 1 atom stereocenters. The monoisotopic (exact) mass is 288 g/mol. The fourth-order valence-electron chi connectivity index (χ4n) is 2.20. The van der Waals surface area contributed by atoms with E-state index in [1.807, 2.05) is 72.8 Å². The second-order valence-corrected chi connectivity index (χ2v) is 4.94. The molecule has 1 unspecified atom stereocenters. The number of para-hydroxylation sites is 1. The second kappa shape index (κ2) is 6.68. The molecular weight excluding hydrogens is 272 g/mol. The number of benzene rings is 2. The van der Waals surface area contributed by atoms with E-state index in [-0.39, 0.29) is 11.8 Å². The van der Waals surface area contributed by atoms with Gasteiger partial charge in [0.15, 0.2) is 0 Å². The Morgan fingerprint density at radius 1 is 0.909 bits per heavy atom. The number of aromatic hydroxyl groups is 1. The molecule has 1 aliphatic carbocycles. The maximum absolute atomic E-state index is 9.89. The van der Waals surface area contributed by atoms with Crippen LogP contribution < -0.4 is 0 Å². The van der Waals surface area contributed by atoms with Crippen molar-refractivity contribution < 1.29 is 5.11 Å². The molecular formula is C19H16N2O. The first-order valence-electron chi connectivity index (χ1n) is 7.13. The second-order valence-electron chi connectivity index (χ2n) is 4.94. The Morgan fingerprint density at radius 2 is 1.68 bits per heavy atom. The number of azo groups is 1. The number of allylic oxidation sites excluding steroid dienone is 2. The van der Waals surface area contributed by atoms with Crippen LogP contribution in [0.3, 0.4) is 0 Å². The van der Waals surface area contributed by atoms with Crippen LogP contribution in [0.25, 0.3) is 6.08 Å². The normalized spacial score (nSPS) is 19.1. The molecule has 0 aliphatic heterocycles. The topological polar surface area (TPSA) is 45.0 Å². The summed E-state index contributed by atoms with van der Waals surface area (Å²) in [4.78, 5) is 0. The summed E-state index contributed by atoms with van der Waals surface area (Å²) in [6.07, 6.45) is 9.82. The summed E-state index contributed by atoms with van der Waals surface area (Å²) >= 11 is 0. The van der Waals surface area contributed by atoms with Crippen molar-refractivity contribution in [1.82, 2.24) is 0 Å². The lowest BCUT2D eigenvalue weighted by Crippen LogP contribution is -2.04. The molecule has 3 heteroatoms. The van der Waals surface area contributed by atoms with Gasteiger partial charge in [-0.15, -0.1) is 0 Å². The van der Waals surface area contributed by atoms with E-state index in [0.717, 1.165) is 16.8 Å². The molecule has 108 valence electrons. The highest BCUT2D eigenvalue weighted by Crippen LogP contribution is 2.24.